The summed E-state index contributed by atoms with van der Waals surface area (Å²) in [6.45, 7) is 1.27. The van der Waals surface area contributed by atoms with Crippen LogP contribution < -0.4 is 33.2 Å². The molecule has 0 saturated carbocycles. The summed E-state index contributed by atoms with van der Waals surface area (Å²) in [6.07, 6.45) is 0.776. The number of aliphatic carboxylic acids is 1. The van der Waals surface area contributed by atoms with E-state index < -0.39 is 66.1 Å². The van der Waals surface area contributed by atoms with Crippen molar-refractivity contribution in [2.75, 3.05) is 0 Å². The van der Waals surface area contributed by atoms with Crippen molar-refractivity contribution in [1.29, 1.82) is 0 Å². The largest absolute Gasteiger partial charge is 0.480 e. The molecular formula is C23H31N7O7. The second-order valence-corrected chi connectivity index (χ2v) is 8.54. The van der Waals surface area contributed by atoms with Gasteiger partial charge < -0.3 is 43.2 Å². The van der Waals surface area contributed by atoms with E-state index in [-0.39, 0.29) is 19.3 Å². The first-order valence-corrected chi connectivity index (χ1v) is 11.4. The fourth-order valence-corrected chi connectivity index (χ4v) is 3.54. The Morgan fingerprint density at radius 2 is 1.57 bits per heavy atom. The zero-order chi connectivity index (χ0) is 27.7. The van der Waals surface area contributed by atoms with Crippen LogP contribution in [0.25, 0.3) is 10.9 Å². The Hall–Kier alpha value is -4.46. The summed E-state index contributed by atoms with van der Waals surface area (Å²) in [7, 11) is 0. The molecule has 1 aromatic heterocycles. The fraction of sp³-hybridized carbons (Fsp3) is 0.391. The smallest absolute Gasteiger partial charge is 0.326 e. The van der Waals surface area contributed by atoms with Crippen molar-refractivity contribution in [2.24, 2.45) is 17.2 Å². The van der Waals surface area contributed by atoms with E-state index in [2.05, 4.69) is 20.9 Å². The van der Waals surface area contributed by atoms with Crippen molar-refractivity contribution >= 4 is 46.4 Å². The van der Waals surface area contributed by atoms with Crippen LogP contribution in [0.2, 0.25) is 0 Å². The second-order valence-electron chi connectivity index (χ2n) is 8.54. The van der Waals surface area contributed by atoms with Gasteiger partial charge in [0.25, 0.3) is 0 Å². The lowest BCUT2D eigenvalue weighted by molar-refractivity contribution is -0.142. The Labute approximate surface area is 211 Å². The Bertz CT molecular complexity index is 1180. The zero-order valence-electron chi connectivity index (χ0n) is 20.2. The fourth-order valence-electron chi connectivity index (χ4n) is 3.54. The minimum Gasteiger partial charge on any atom is -0.480 e. The van der Waals surface area contributed by atoms with E-state index in [0.29, 0.717) is 0 Å². The molecule has 0 aliphatic heterocycles. The molecule has 200 valence electrons. The molecule has 0 fully saturated rings. The van der Waals surface area contributed by atoms with Gasteiger partial charge in [-0.05, 0) is 31.4 Å². The topological polar surface area (TPSA) is 253 Å². The Morgan fingerprint density at radius 1 is 0.919 bits per heavy atom. The van der Waals surface area contributed by atoms with Gasteiger partial charge in [0, 0.05) is 23.5 Å². The molecule has 4 unspecified atom stereocenters. The third kappa shape index (κ3) is 8.61. The van der Waals surface area contributed by atoms with Crippen LogP contribution in [-0.4, -0.2) is 69.8 Å². The van der Waals surface area contributed by atoms with E-state index in [1.807, 2.05) is 24.3 Å². The predicted molar refractivity (Wildman–Crippen MR) is 131 cm³/mol. The first-order valence-electron chi connectivity index (χ1n) is 11.4. The van der Waals surface area contributed by atoms with Crippen molar-refractivity contribution in [3.8, 4) is 0 Å². The summed E-state index contributed by atoms with van der Waals surface area (Å²) < 4.78 is 0. The molecule has 5 amide bonds. The normalized spacial score (nSPS) is 14.1. The van der Waals surface area contributed by atoms with Gasteiger partial charge in [-0.3, -0.25) is 24.0 Å². The standard InChI is InChI=1S/C23H31N7O7/c1-11(20(33)29-16(23(36)37)6-7-18(25)31)28-22(35)17(9-19(26)32)30-21(34)14(24)8-12-10-27-15-5-3-2-4-13(12)15/h2-5,10-11,14,16-17,27H,6-9,24H2,1H3,(H2,25,31)(H2,26,32)(H,28,35)(H,29,33)(H,30,34)(H,36,37). The van der Waals surface area contributed by atoms with Crippen molar-refractivity contribution in [2.45, 2.75) is 56.8 Å². The number of nitrogens with one attached hydrogen (secondary N) is 4. The van der Waals surface area contributed by atoms with Gasteiger partial charge in [0.2, 0.25) is 29.5 Å². The number of carbonyl (C=O) groups excluding carboxylic acids is 5. The number of benzene rings is 1. The minimum absolute atomic E-state index is 0.140. The lowest BCUT2D eigenvalue weighted by atomic mass is 10.0. The highest BCUT2D eigenvalue weighted by Gasteiger charge is 2.29. The highest BCUT2D eigenvalue weighted by Crippen LogP contribution is 2.18. The lowest BCUT2D eigenvalue weighted by Crippen LogP contribution is -2.57. The molecule has 1 heterocycles. The van der Waals surface area contributed by atoms with Crippen LogP contribution in [0.3, 0.4) is 0 Å². The maximum atomic E-state index is 12.7. The number of hydrogen-bond donors (Lipinski definition) is 8. The average molecular weight is 518 g/mol. The predicted octanol–water partition coefficient (Wildman–Crippen LogP) is -2.26. The number of rotatable bonds is 14. The maximum absolute atomic E-state index is 12.7. The van der Waals surface area contributed by atoms with Gasteiger partial charge in [0.1, 0.15) is 18.1 Å². The number of carbonyl (C=O) groups is 6. The van der Waals surface area contributed by atoms with Crippen molar-refractivity contribution in [3.63, 3.8) is 0 Å². The van der Waals surface area contributed by atoms with Gasteiger partial charge in [0.05, 0.1) is 12.5 Å². The third-order valence-corrected chi connectivity index (χ3v) is 5.54. The summed E-state index contributed by atoms with van der Waals surface area (Å²) in [5.74, 6) is -5.52. The number of aromatic nitrogens is 1. The highest BCUT2D eigenvalue weighted by atomic mass is 16.4. The van der Waals surface area contributed by atoms with Crippen LogP contribution in [0.4, 0.5) is 0 Å². The summed E-state index contributed by atoms with van der Waals surface area (Å²) in [6, 6.07) is 2.26. The third-order valence-electron chi connectivity index (χ3n) is 5.54. The van der Waals surface area contributed by atoms with E-state index in [1.54, 1.807) is 6.20 Å². The van der Waals surface area contributed by atoms with Gasteiger partial charge >= 0.3 is 5.97 Å². The average Bonchev–Trinajstić information content (AvgIpc) is 3.23. The number of hydrogen-bond acceptors (Lipinski definition) is 7. The second kappa shape index (κ2) is 13.0. The van der Waals surface area contributed by atoms with Gasteiger partial charge in [-0.1, -0.05) is 18.2 Å². The molecule has 0 aliphatic rings. The summed E-state index contributed by atoms with van der Waals surface area (Å²) >= 11 is 0. The molecule has 14 nitrogen and oxygen atoms in total. The SMILES string of the molecule is CC(NC(=O)C(CC(N)=O)NC(=O)C(N)Cc1c[nH]c2ccccc12)C(=O)NC(CCC(N)=O)C(=O)O. The van der Waals surface area contributed by atoms with Crippen molar-refractivity contribution < 1.29 is 33.9 Å². The maximum Gasteiger partial charge on any atom is 0.326 e. The van der Waals surface area contributed by atoms with Crippen molar-refractivity contribution in [1.82, 2.24) is 20.9 Å². The molecule has 11 N–H and O–H groups in total. The zero-order valence-corrected chi connectivity index (χ0v) is 20.2. The highest BCUT2D eigenvalue weighted by molar-refractivity contribution is 5.96. The van der Waals surface area contributed by atoms with Gasteiger partial charge in [-0.2, -0.15) is 0 Å². The molecule has 0 bridgehead atoms. The van der Waals surface area contributed by atoms with Gasteiger partial charge in [0.15, 0.2) is 0 Å². The number of para-hydroxylation sites is 1. The molecule has 2 aromatic rings. The number of nitrogens with two attached hydrogens (primary N) is 3. The molecular weight excluding hydrogens is 486 g/mol. The molecule has 2 rings (SSSR count). The first-order chi connectivity index (χ1) is 17.4. The van der Waals surface area contributed by atoms with Gasteiger partial charge in [-0.25, -0.2) is 4.79 Å². The van der Waals surface area contributed by atoms with Crippen LogP contribution in [0.15, 0.2) is 30.5 Å². The monoisotopic (exact) mass is 517 g/mol. The van der Waals surface area contributed by atoms with E-state index in [4.69, 9.17) is 17.2 Å². The number of fused-ring (bicyclic) bond motifs is 1. The molecule has 0 saturated heterocycles. The van der Waals surface area contributed by atoms with Crippen LogP contribution in [-0.2, 0) is 35.2 Å². The first kappa shape index (κ1) is 28.8. The van der Waals surface area contributed by atoms with Crippen LogP contribution in [0, 0.1) is 0 Å². The van der Waals surface area contributed by atoms with Crippen LogP contribution in [0.1, 0.15) is 31.7 Å². The molecule has 37 heavy (non-hydrogen) atoms. The minimum atomic E-state index is -1.43. The quantitative estimate of drug-likeness (QED) is 0.135. The Kier molecular flexibility index (Phi) is 10.1. The molecule has 4 atom stereocenters. The van der Waals surface area contributed by atoms with E-state index >= 15 is 0 Å². The number of amides is 5. The molecule has 1 aromatic carbocycles. The Balaban J connectivity index is 2.01. The van der Waals surface area contributed by atoms with Crippen molar-refractivity contribution in [3.05, 3.63) is 36.0 Å². The molecule has 0 aliphatic carbocycles. The summed E-state index contributed by atoms with van der Waals surface area (Å²) in [4.78, 5) is 74.7. The molecule has 0 radical (unpaired) electrons. The summed E-state index contributed by atoms with van der Waals surface area (Å²) in [5.41, 5.74) is 17.9. The van der Waals surface area contributed by atoms with E-state index in [9.17, 15) is 33.9 Å². The number of carboxylic acid groups (broad SMARTS) is 1. The van der Waals surface area contributed by atoms with E-state index in [1.165, 1.54) is 6.92 Å². The number of primary amides is 2. The number of aromatic amines is 1. The lowest BCUT2D eigenvalue weighted by Gasteiger charge is -2.23. The molecule has 14 heteroatoms. The number of H-pyrrole nitrogens is 1. The summed E-state index contributed by atoms with van der Waals surface area (Å²) in [5, 5.41) is 17.0. The Morgan fingerprint density at radius 3 is 2.19 bits per heavy atom. The van der Waals surface area contributed by atoms with Crippen LogP contribution in [0.5, 0.6) is 0 Å². The molecule has 0 spiro atoms. The van der Waals surface area contributed by atoms with E-state index in [0.717, 1.165) is 16.5 Å². The van der Waals surface area contributed by atoms with Gasteiger partial charge in [-0.15, -0.1) is 0 Å². The van der Waals surface area contributed by atoms with Crippen LogP contribution >= 0.6 is 0 Å². The number of carboxylic acids is 1.